The van der Waals surface area contributed by atoms with Crippen molar-refractivity contribution < 1.29 is 76.6 Å². The highest BCUT2D eigenvalue weighted by Crippen LogP contribution is 2.52. The van der Waals surface area contributed by atoms with Crippen molar-refractivity contribution in [2.24, 2.45) is 17.8 Å². The van der Waals surface area contributed by atoms with Crippen LogP contribution in [-0.2, 0) is 71.5 Å². The third-order valence-electron chi connectivity index (χ3n) is 14.9. The molecule has 16 nitrogen and oxygen atoms in total. The molecule has 0 spiro atoms. The number of carbonyl (C=O) groups is 7. The van der Waals surface area contributed by atoms with Gasteiger partial charge >= 0.3 is 29.8 Å². The molecule has 0 unspecified atom stereocenters. The second-order valence-corrected chi connectivity index (χ2v) is 20.8. The second-order valence-electron chi connectivity index (χ2n) is 19.9. The number of fused-ring (bicyclic) bond motifs is 9. The summed E-state index contributed by atoms with van der Waals surface area (Å²) in [4.78, 5) is 80.6. The molecule has 69 heavy (non-hydrogen) atoms. The SMILES string of the molecule is C=C1C(=O)O[C@H]2[C@H]1CC/C(CO)=C\CC[C@@]1(C)O[C@@H]21.C=C1C(=O)O[C@H]2[C@H]1CC/C(COC(=O)CC(=O)OC/C1=C/CC[C@@]3(C)O[C@H]3[C@H]3OC(=O)C(=C)[C@@H]3CC1)=C\CC[C@@]1(C)O[C@@H]21.O=C(Cl)CC(=O)Cl. The monoisotopic (exact) mass is 1000 g/mol. The molecule has 6 fully saturated rings. The number of halogens is 2. The van der Waals surface area contributed by atoms with Crippen LogP contribution in [0.3, 0.4) is 0 Å². The van der Waals surface area contributed by atoms with Crippen LogP contribution in [0, 0.1) is 17.8 Å². The standard InChI is InChI=1S/C33H40O10.C15H20O4.C3H2Cl2O2/c1-18-22-11-9-20(7-5-13-32(3)28(42-32)26(22)40-30(18)36)16-38-24(34)15-25(35)39-17-21-8-6-14-33(4)29(43-33)27-23(12-10-21)19(2)31(37)41-27;1-9-11-6-5-10(8-16)4-3-7-15(2)13(19-15)12(11)18-14(9)17;4-2(6)1-3(5)7/h7-8,22-23,26-29H,1-2,5-6,9-17H2,3-4H3;4,11-13,16H,1,3,5-8H2,2H3;1H2/b20-7+,21-8+;10-4+;/t22-,23-,26-,27-,28-,29-,32+,33+;11-,12-,13-,15+;/m00./s1. The summed E-state index contributed by atoms with van der Waals surface area (Å²) in [6.07, 6.45) is 13.1. The van der Waals surface area contributed by atoms with Crippen LogP contribution in [0.4, 0.5) is 0 Å². The van der Waals surface area contributed by atoms with Gasteiger partial charge in [0.05, 0.1) is 29.8 Å². The smallest absolute Gasteiger partial charge is 0.334 e. The van der Waals surface area contributed by atoms with Crippen molar-refractivity contribution in [3.05, 3.63) is 71.4 Å². The number of rotatable bonds is 9. The molecule has 12 atom stereocenters. The molecule has 6 saturated heterocycles. The van der Waals surface area contributed by atoms with Crippen LogP contribution in [0.15, 0.2) is 71.4 Å². The average Bonchev–Trinajstić information content (AvgIpc) is 4.21. The first-order valence-electron chi connectivity index (χ1n) is 23.7. The number of ether oxygens (including phenoxy) is 8. The quantitative estimate of drug-likeness (QED) is 0.0488. The Kier molecular flexibility index (Phi) is 16.3. The molecular weight excluding hydrogens is 939 g/mol. The molecule has 0 bridgehead atoms. The van der Waals surface area contributed by atoms with Crippen LogP contribution in [0.25, 0.3) is 0 Å². The number of hydrogen-bond donors (Lipinski definition) is 1. The van der Waals surface area contributed by atoms with E-state index < -0.39 is 28.8 Å². The number of aliphatic hydroxyl groups excluding tert-OH is 1. The predicted molar refractivity (Wildman–Crippen MR) is 247 cm³/mol. The third kappa shape index (κ3) is 12.5. The van der Waals surface area contributed by atoms with Gasteiger partial charge in [0.15, 0.2) is 0 Å². The minimum Gasteiger partial charge on any atom is -0.461 e. The van der Waals surface area contributed by atoms with Crippen molar-refractivity contribution in [3.8, 4) is 0 Å². The maximum atomic E-state index is 12.5. The zero-order chi connectivity index (χ0) is 50.0. The van der Waals surface area contributed by atoms with Crippen molar-refractivity contribution >= 4 is 63.5 Å². The average molecular weight is 1000 g/mol. The molecule has 9 rings (SSSR count). The van der Waals surface area contributed by atoms with E-state index >= 15 is 0 Å². The van der Waals surface area contributed by atoms with E-state index in [9.17, 15) is 38.7 Å². The minimum atomic E-state index is -0.722. The van der Waals surface area contributed by atoms with Gasteiger partial charge in [-0.3, -0.25) is 19.2 Å². The number of allylic oxidation sites excluding steroid dienone is 3. The Morgan fingerprint density at radius 1 is 0.580 bits per heavy atom. The van der Waals surface area contributed by atoms with Gasteiger partial charge in [-0.2, -0.15) is 0 Å². The lowest BCUT2D eigenvalue weighted by molar-refractivity contribution is -0.154. The lowest BCUT2D eigenvalue weighted by Crippen LogP contribution is -2.29. The first-order chi connectivity index (χ1) is 32.6. The van der Waals surface area contributed by atoms with Crippen LogP contribution in [-0.4, -0.2) is 119 Å². The molecule has 0 saturated carbocycles. The molecule has 0 aromatic carbocycles. The van der Waals surface area contributed by atoms with Gasteiger partial charge in [0.1, 0.15) is 56.3 Å². The first-order valence-corrected chi connectivity index (χ1v) is 24.5. The van der Waals surface area contributed by atoms with Gasteiger partial charge in [-0.05, 0) is 138 Å². The summed E-state index contributed by atoms with van der Waals surface area (Å²) in [7, 11) is 0. The van der Waals surface area contributed by atoms with Crippen molar-refractivity contribution in [3.63, 3.8) is 0 Å². The Morgan fingerprint density at radius 3 is 1.20 bits per heavy atom. The Bertz CT molecular complexity index is 2140. The summed E-state index contributed by atoms with van der Waals surface area (Å²) in [6, 6.07) is 0. The van der Waals surface area contributed by atoms with Gasteiger partial charge in [0.2, 0.25) is 10.5 Å². The van der Waals surface area contributed by atoms with Crippen LogP contribution >= 0.6 is 23.2 Å². The Morgan fingerprint density at radius 2 is 0.899 bits per heavy atom. The highest BCUT2D eigenvalue weighted by Gasteiger charge is 2.63. The van der Waals surface area contributed by atoms with Crippen LogP contribution in [0.5, 0.6) is 0 Å². The van der Waals surface area contributed by atoms with E-state index in [1.54, 1.807) is 0 Å². The molecule has 376 valence electrons. The normalized spacial score (nSPS) is 38.7. The first kappa shape index (κ1) is 52.4. The van der Waals surface area contributed by atoms with E-state index in [-0.39, 0.29) is 115 Å². The van der Waals surface area contributed by atoms with Gasteiger partial charge in [-0.25, -0.2) is 14.4 Å². The zero-order valence-electron chi connectivity index (χ0n) is 39.4. The van der Waals surface area contributed by atoms with Crippen molar-refractivity contribution in [1.29, 1.82) is 0 Å². The predicted octanol–water partition coefficient (Wildman–Crippen LogP) is 6.62. The van der Waals surface area contributed by atoms with Crippen molar-refractivity contribution in [2.75, 3.05) is 19.8 Å². The maximum absolute atomic E-state index is 12.5. The summed E-state index contributed by atoms with van der Waals surface area (Å²) in [5, 5.41) is 7.90. The van der Waals surface area contributed by atoms with Gasteiger partial charge < -0.3 is 43.0 Å². The number of aliphatic hydroxyl groups is 1. The second kappa shape index (κ2) is 21.5. The van der Waals surface area contributed by atoms with E-state index in [4.69, 9.17) is 61.1 Å². The molecule has 9 aliphatic rings. The summed E-state index contributed by atoms with van der Waals surface area (Å²) in [5.41, 5.74) is 3.47. The zero-order valence-corrected chi connectivity index (χ0v) is 40.9. The van der Waals surface area contributed by atoms with Gasteiger partial charge in [-0.1, -0.05) is 38.0 Å². The molecule has 6 aliphatic heterocycles. The van der Waals surface area contributed by atoms with Crippen molar-refractivity contribution in [2.45, 2.75) is 164 Å². The Hall–Kier alpha value is -4.45. The Balaban J connectivity index is 0.000000222. The summed E-state index contributed by atoms with van der Waals surface area (Å²) >= 11 is 9.46. The van der Waals surface area contributed by atoms with Crippen LogP contribution in [0.2, 0.25) is 0 Å². The number of esters is 5. The fourth-order valence-electron chi connectivity index (χ4n) is 10.4. The minimum absolute atomic E-state index is 0.00442. The number of epoxide rings is 3. The molecule has 0 amide bonds. The van der Waals surface area contributed by atoms with E-state index in [1.807, 2.05) is 13.8 Å². The molecule has 6 heterocycles. The molecule has 0 radical (unpaired) electrons. The maximum Gasteiger partial charge on any atom is 0.334 e. The van der Waals surface area contributed by atoms with Crippen molar-refractivity contribution in [1.82, 2.24) is 0 Å². The molecule has 0 aromatic heterocycles. The molecule has 1 N–H and O–H groups in total. The van der Waals surface area contributed by atoms with Crippen LogP contribution < -0.4 is 0 Å². The number of carbonyl (C=O) groups excluding carboxylic acids is 7. The van der Waals surface area contributed by atoms with E-state index in [2.05, 4.69) is 44.9 Å². The Labute approximate surface area is 411 Å². The van der Waals surface area contributed by atoms with E-state index in [1.165, 1.54) is 0 Å². The molecule has 3 aliphatic carbocycles. The van der Waals surface area contributed by atoms with E-state index in [0.717, 1.165) is 68.1 Å². The largest absolute Gasteiger partial charge is 0.461 e. The highest BCUT2D eigenvalue weighted by atomic mass is 35.5. The van der Waals surface area contributed by atoms with E-state index in [0.29, 0.717) is 42.4 Å². The van der Waals surface area contributed by atoms with Gasteiger partial charge in [0, 0.05) is 34.5 Å². The summed E-state index contributed by atoms with van der Waals surface area (Å²) in [6.45, 7) is 18.0. The van der Waals surface area contributed by atoms with Gasteiger partial charge in [-0.15, -0.1) is 0 Å². The topological polar surface area (TPSA) is 223 Å². The molecule has 18 heteroatoms. The molecular formula is C51H62Cl2O16. The van der Waals surface area contributed by atoms with Crippen LogP contribution in [0.1, 0.15) is 111 Å². The third-order valence-corrected chi connectivity index (χ3v) is 15.2. The summed E-state index contributed by atoms with van der Waals surface area (Å²) in [5.74, 6) is -2.62. The fraction of sp³-hybridized carbons (Fsp3) is 0.627. The lowest BCUT2D eigenvalue weighted by Gasteiger charge is -2.20. The molecule has 0 aromatic rings. The highest BCUT2D eigenvalue weighted by molar-refractivity contribution is 6.72. The number of hydrogen-bond acceptors (Lipinski definition) is 16. The lowest BCUT2D eigenvalue weighted by atomic mass is 9.84. The summed E-state index contributed by atoms with van der Waals surface area (Å²) < 4.78 is 45.2. The van der Waals surface area contributed by atoms with Gasteiger partial charge in [0.25, 0.3) is 0 Å². The fourth-order valence-corrected chi connectivity index (χ4v) is 10.8.